The van der Waals surface area contributed by atoms with Crippen molar-refractivity contribution in [2.75, 3.05) is 40.0 Å². The zero-order chi connectivity index (χ0) is 25.7. The number of methoxy groups -OCH3 is 1. The molecular formula is C25H26Br2N4O5. The van der Waals surface area contributed by atoms with Gasteiger partial charge in [0.15, 0.2) is 18.1 Å². The van der Waals surface area contributed by atoms with E-state index in [4.69, 9.17) is 14.2 Å². The number of aromatic nitrogens is 2. The normalized spacial score (nSPS) is 13.9. The number of benzene rings is 2. The van der Waals surface area contributed by atoms with Crippen molar-refractivity contribution < 1.29 is 19.0 Å². The Morgan fingerprint density at radius 3 is 2.69 bits per heavy atom. The number of ether oxygens (including phenoxy) is 3. The van der Waals surface area contributed by atoms with Gasteiger partial charge in [-0.2, -0.15) is 9.78 Å². The fourth-order valence-corrected chi connectivity index (χ4v) is 4.66. The number of amides is 1. The molecule has 1 aliphatic heterocycles. The Morgan fingerprint density at radius 1 is 1.19 bits per heavy atom. The summed E-state index contributed by atoms with van der Waals surface area (Å²) in [5.41, 5.74) is 0.889. The minimum atomic E-state index is -0.270. The number of carbonyl (C=O) groups excluding carboxylic acids is 1. The van der Waals surface area contributed by atoms with Crippen LogP contribution in [0.2, 0.25) is 0 Å². The third kappa shape index (κ3) is 5.96. The second-order valence-electron chi connectivity index (χ2n) is 8.11. The Bertz CT molecular complexity index is 1350. The molecule has 1 saturated heterocycles. The van der Waals surface area contributed by atoms with Crippen LogP contribution in [0, 0.1) is 0 Å². The van der Waals surface area contributed by atoms with Crippen molar-refractivity contribution in [2.45, 2.75) is 19.8 Å². The lowest BCUT2D eigenvalue weighted by Crippen LogP contribution is -2.43. The van der Waals surface area contributed by atoms with Crippen LogP contribution in [-0.4, -0.2) is 66.7 Å². The predicted molar refractivity (Wildman–Crippen MR) is 144 cm³/mol. The highest BCUT2D eigenvalue weighted by atomic mass is 79.9. The summed E-state index contributed by atoms with van der Waals surface area (Å²) in [7, 11) is 1.52. The number of rotatable bonds is 8. The summed E-state index contributed by atoms with van der Waals surface area (Å²) in [4.78, 5) is 32.3. The molecule has 1 fully saturated rings. The highest BCUT2D eigenvalue weighted by Gasteiger charge is 2.20. The van der Waals surface area contributed by atoms with Crippen molar-refractivity contribution in [3.63, 3.8) is 0 Å². The zero-order valence-electron chi connectivity index (χ0n) is 20.0. The number of fused-ring (bicyclic) bond motifs is 1. The first-order chi connectivity index (χ1) is 17.4. The minimum Gasteiger partial charge on any atom is -0.493 e. The molecule has 0 atom stereocenters. The lowest BCUT2D eigenvalue weighted by Gasteiger charge is -2.27. The summed E-state index contributed by atoms with van der Waals surface area (Å²) in [6.07, 6.45) is 2.90. The largest absolute Gasteiger partial charge is 0.493 e. The standard InChI is InChI=1S/C25H26Br2N4O5/c1-3-4-22-29-20-6-5-17(26)12-19(20)25(33)31(22)28-14-16-11-18(27)13-21(34-2)24(16)36-15-23(32)30-7-9-35-10-8-30/h5-6,11-14H,3-4,7-10,15H2,1-2H3. The van der Waals surface area contributed by atoms with Crippen molar-refractivity contribution in [3.05, 3.63) is 61.0 Å². The topological polar surface area (TPSA) is 95.2 Å². The molecule has 4 rings (SSSR count). The van der Waals surface area contributed by atoms with Crippen LogP contribution in [0.4, 0.5) is 0 Å². The SMILES string of the molecule is CCCc1nc2ccc(Br)cc2c(=O)n1N=Cc1cc(Br)cc(OC)c1OCC(=O)N1CCOCC1. The van der Waals surface area contributed by atoms with E-state index in [9.17, 15) is 9.59 Å². The van der Waals surface area contributed by atoms with Crippen molar-refractivity contribution in [1.29, 1.82) is 0 Å². The molecule has 1 amide bonds. The molecule has 0 spiro atoms. The Kier molecular flexibility index (Phi) is 8.76. The van der Waals surface area contributed by atoms with E-state index in [0.29, 0.717) is 66.5 Å². The van der Waals surface area contributed by atoms with Gasteiger partial charge >= 0.3 is 0 Å². The van der Waals surface area contributed by atoms with Crippen molar-refractivity contribution >= 4 is 54.9 Å². The summed E-state index contributed by atoms with van der Waals surface area (Å²) in [5, 5.41) is 4.96. The molecule has 11 heteroatoms. The number of carbonyl (C=O) groups is 1. The van der Waals surface area contributed by atoms with Gasteiger partial charge < -0.3 is 19.1 Å². The molecular weight excluding hydrogens is 596 g/mol. The molecule has 1 aromatic heterocycles. The van der Waals surface area contributed by atoms with E-state index in [0.717, 1.165) is 15.4 Å². The quantitative estimate of drug-likeness (QED) is 0.353. The lowest BCUT2D eigenvalue weighted by molar-refractivity contribution is -0.137. The molecule has 1 aliphatic rings. The highest BCUT2D eigenvalue weighted by molar-refractivity contribution is 9.10. The van der Waals surface area contributed by atoms with E-state index >= 15 is 0 Å². The number of morpholine rings is 1. The minimum absolute atomic E-state index is 0.142. The van der Waals surface area contributed by atoms with Gasteiger partial charge in [0, 0.05) is 34.0 Å². The summed E-state index contributed by atoms with van der Waals surface area (Å²) in [5.74, 6) is 1.20. The predicted octanol–water partition coefficient (Wildman–Crippen LogP) is 4.00. The van der Waals surface area contributed by atoms with E-state index in [1.807, 2.05) is 19.1 Å². The number of halogens is 2. The summed E-state index contributed by atoms with van der Waals surface area (Å²) in [6, 6.07) is 8.94. The Balaban J connectivity index is 1.71. The van der Waals surface area contributed by atoms with Gasteiger partial charge in [-0.3, -0.25) is 9.59 Å². The van der Waals surface area contributed by atoms with Gasteiger partial charge in [-0.1, -0.05) is 38.8 Å². The molecule has 0 bridgehead atoms. The maximum Gasteiger partial charge on any atom is 0.282 e. The molecule has 0 aliphatic carbocycles. The molecule has 0 unspecified atom stereocenters. The van der Waals surface area contributed by atoms with Crippen LogP contribution in [0.5, 0.6) is 11.5 Å². The number of hydrogen-bond acceptors (Lipinski definition) is 7. The monoisotopic (exact) mass is 620 g/mol. The highest BCUT2D eigenvalue weighted by Crippen LogP contribution is 2.34. The lowest BCUT2D eigenvalue weighted by atomic mass is 10.2. The maximum absolute atomic E-state index is 13.3. The van der Waals surface area contributed by atoms with Gasteiger partial charge in [-0.05, 0) is 36.8 Å². The maximum atomic E-state index is 13.3. The molecule has 0 radical (unpaired) electrons. The van der Waals surface area contributed by atoms with Crippen LogP contribution in [0.3, 0.4) is 0 Å². The van der Waals surface area contributed by atoms with Crippen LogP contribution >= 0.6 is 31.9 Å². The van der Waals surface area contributed by atoms with E-state index in [1.165, 1.54) is 18.0 Å². The van der Waals surface area contributed by atoms with Crippen LogP contribution in [0.15, 0.2) is 49.2 Å². The smallest absolute Gasteiger partial charge is 0.282 e. The number of aryl methyl sites for hydroxylation is 1. The van der Waals surface area contributed by atoms with Crippen LogP contribution in [-0.2, 0) is 16.0 Å². The third-order valence-corrected chi connectivity index (χ3v) is 6.58. The van der Waals surface area contributed by atoms with E-state index < -0.39 is 0 Å². The molecule has 9 nitrogen and oxygen atoms in total. The van der Waals surface area contributed by atoms with Gasteiger partial charge in [0.25, 0.3) is 11.5 Å². The average molecular weight is 622 g/mol. The number of nitrogens with zero attached hydrogens (tertiary/aromatic N) is 4. The molecule has 0 N–H and O–H groups in total. The summed E-state index contributed by atoms with van der Waals surface area (Å²) >= 11 is 6.90. The molecule has 36 heavy (non-hydrogen) atoms. The molecule has 2 aromatic carbocycles. The molecule has 2 heterocycles. The van der Waals surface area contributed by atoms with Crippen molar-refractivity contribution in [2.24, 2.45) is 5.10 Å². The van der Waals surface area contributed by atoms with Gasteiger partial charge in [-0.15, -0.1) is 0 Å². The fourth-order valence-electron chi connectivity index (χ4n) is 3.85. The zero-order valence-corrected chi connectivity index (χ0v) is 23.2. The van der Waals surface area contributed by atoms with Gasteiger partial charge in [0.2, 0.25) is 0 Å². The van der Waals surface area contributed by atoms with E-state index in [1.54, 1.807) is 23.1 Å². The fraction of sp³-hybridized carbons (Fsp3) is 0.360. The summed E-state index contributed by atoms with van der Waals surface area (Å²) < 4.78 is 19.6. The first-order valence-corrected chi connectivity index (χ1v) is 13.1. The Morgan fingerprint density at radius 2 is 1.97 bits per heavy atom. The number of hydrogen-bond donors (Lipinski definition) is 0. The van der Waals surface area contributed by atoms with E-state index in [-0.39, 0.29) is 18.1 Å². The molecule has 0 saturated carbocycles. The summed E-state index contributed by atoms with van der Waals surface area (Å²) in [6.45, 7) is 3.94. The van der Waals surface area contributed by atoms with Crippen molar-refractivity contribution in [3.8, 4) is 11.5 Å². The van der Waals surface area contributed by atoms with Crippen LogP contribution in [0.1, 0.15) is 24.7 Å². The van der Waals surface area contributed by atoms with Crippen molar-refractivity contribution in [1.82, 2.24) is 14.6 Å². The van der Waals surface area contributed by atoms with E-state index in [2.05, 4.69) is 41.9 Å². The average Bonchev–Trinajstić information content (AvgIpc) is 2.88. The first-order valence-electron chi connectivity index (χ1n) is 11.5. The Hall–Kier alpha value is -2.76. The van der Waals surface area contributed by atoms with Gasteiger partial charge in [0.1, 0.15) is 5.82 Å². The van der Waals surface area contributed by atoms with Crippen LogP contribution < -0.4 is 15.0 Å². The van der Waals surface area contributed by atoms with Crippen LogP contribution in [0.25, 0.3) is 10.9 Å². The molecule has 3 aromatic rings. The Labute approximate surface area is 225 Å². The molecule has 190 valence electrons. The second kappa shape index (κ2) is 12.0. The third-order valence-electron chi connectivity index (χ3n) is 5.63. The first kappa shape index (κ1) is 26.3. The van der Waals surface area contributed by atoms with Gasteiger partial charge in [0.05, 0.1) is 37.4 Å². The second-order valence-corrected chi connectivity index (χ2v) is 9.94. The van der Waals surface area contributed by atoms with Gasteiger partial charge in [-0.25, -0.2) is 4.98 Å².